The predicted molar refractivity (Wildman–Crippen MR) is 43.1 cm³/mol. The summed E-state index contributed by atoms with van der Waals surface area (Å²) >= 11 is 0. The Hall–Kier alpha value is -1.71. The van der Waals surface area contributed by atoms with Gasteiger partial charge < -0.3 is 0 Å². The standard InChI is InChI=1S/C7H6N4/c1-8-5-2-3-6-7(4-5)10-11-9-6/h2-4H,1H2,(H,9,10,11). The van der Waals surface area contributed by atoms with E-state index in [9.17, 15) is 0 Å². The summed E-state index contributed by atoms with van der Waals surface area (Å²) in [6.07, 6.45) is 0. The molecule has 0 aliphatic heterocycles. The molecule has 0 spiro atoms. The lowest BCUT2D eigenvalue weighted by Crippen LogP contribution is -1.67. The molecule has 0 aliphatic carbocycles. The molecule has 0 aliphatic rings. The van der Waals surface area contributed by atoms with Crippen molar-refractivity contribution < 1.29 is 0 Å². The molecule has 4 heteroatoms. The van der Waals surface area contributed by atoms with E-state index in [4.69, 9.17) is 0 Å². The summed E-state index contributed by atoms with van der Waals surface area (Å²) in [5.41, 5.74) is 2.47. The summed E-state index contributed by atoms with van der Waals surface area (Å²) in [7, 11) is 0. The largest absolute Gasteiger partial charge is 0.265 e. The zero-order valence-corrected chi connectivity index (χ0v) is 5.78. The molecule has 0 fully saturated rings. The van der Waals surface area contributed by atoms with Crippen LogP contribution in [0.25, 0.3) is 11.0 Å². The Labute approximate surface area is 63.0 Å². The first-order valence-electron chi connectivity index (χ1n) is 3.17. The van der Waals surface area contributed by atoms with Crippen molar-refractivity contribution in [1.29, 1.82) is 0 Å². The van der Waals surface area contributed by atoms with E-state index in [0.29, 0.717) is 0 Å². The van der Waals surface area contributed by atoms with Gasteiger partial charge in [0.1, 0.15) is 11.0 Å². The quantitative estimate of drug-likeness (QED) is 0.616. The van der Waals surface area contributed by atoms with Crippen molar-refractivity contribution in [3.05, 3.63) is 18.2 Å². The molecule has 0 amide bonds. The summed E-state index contributed by atoms with van der Waals surface area (Å²) < 4.78 is 0. The highest BCUT2D eigenvalue weighted by Crippen LogP contribution is 2.16. The van der Waals surface area contributed by atoms with E-state index in [1.807, 2.05) is 18.2 Å². The number of nitrogens with zero attached hydrogens (tertiary/aromatic N) is 3. The third-order valence-corrected chi connectivity index (χ3v) is 1.48. The van der Waals surface area contributed by atoms with Crippen molar-refractivity contribution in [1.82, 2.24) is 15.4 Å². The lowest BCUT2D eigenvalue weighted by atomic mass is 10.3. The summed E-state index contributed by atoms with van der Waals surface area (Å²) in [6, 6.07) is 5.52. The minimum Gasteiger partial charge on any atom is -0.265 e. The van der Waals surface area contributed by atoms with Crippen LogP contribution in [-0.4, -0.2) is 22.1 Å². The van der Waals surface area contributed by atoms with Crippen LogP contribution in [0.2, 0.25) is 0 Å². The summed E-state index contributed by atoms with van der Waals surface area (Å²) in [5, 5.41) is 10.3. The fourth-order valence-corrected chi connectivity index (χ4v) is 0.927. The van der Waals surface area contributed by atoms with Gasteiger partial charge in [-0.1, -0.05) is 0 Å². The minimum absolute atomic E-state index is 0.811. The number of hydrogen-bond acceptors (Lipinski definition) is 3. The maximum Gasteiger partial charge on any atom is 0.115 e. The minimum atomic E-state index is 0.811. The number of hydrogen-bond donors (Lipinski definition) is 1. The number of nitrogens with one attached hydrogen (secondary N) is 1. The van der Waals surface area contributed by atoms with Crippen molar-refractivity contribution in [3.63, 3.8) is 0 Å². The maximum atomic E-state index is 3.90. The van der Waals surface area contributed by atoms with Gasteiger partial charge in [0.25, 0.3) is 0 Å². The molecule has 1 N–H and O–H groups in total. The van der Waals surface area contributed by atoms with Crippen LogP contribution in [0.15, 0.2) is 23.2 Å². The normalized spacial score (nSPS) is 10.2. The molecule has 0 saturated carbocycles. The highest BCUT2D eigenvalue weighted by Gasteiger charge is 1.96. The van der Waals surface area contributed by atoms with Gasteiger partial charge in [0.2, 0.25) is 0 Å². The van der Waals surface area contributed by atoms with E-state index in [1.165, 1.54) is 0 Å². The van der Waals surface area contributed by atoms with E-state index < -0.39 is 0 Å². The third kappa shape index (κ3) is 0.881. The molecule has 0 atom stereocenters. The van der Waals surface area contributed by atoms with Crippen molar-refractivity contribution in [2.75, 3.05) is 0 Å². The third-order valence-electron chi connectivity index (χ3n) is 1.48. The van der Waals surface area contributed by atoms with Crippen molar-refractivity contribution in [2.45, 2.75) is 0 Å². The summed E-state index contributed by atoms with van der Waals surface area (Å²) in [4.78, 5) is 3.77. The van der Waals surface area contributed by atoms with E-state index in [-0.39, 0.29) is 0 Å². The van der Waals surface area contributed by atoms with E-state index in [1.54, 1.807) is 0 Å². The van der Waals surface area contributed by atoms with Gasteiger partial charge in [-0.2, -0.15) is 15.4 Å². The summed E-state index contributed by atoms with van der Waals surface area (Å²) in [6.45, 7) is 3.41. The van der Waals surface area contributed by atoms with Gasteiger partial charge in [0.15, 0.2) is 0 Å². The van der Waals surface area contributed by atoms with Crippen molar-refractivity contribution in [3.8, 4) is 0 Å². The van der Waals surface area contributed by atoms with Crippen molar-refractivity contribution >= 4 is 23.4 Å². The van der Waals surface area contributed by atoms with Crippen LogP contribution in [0.5, 0.6) is 0 Å². The smallest absolute Gasteiger partial charge is 0.115 e. The fraction of sp³-hybridized carbons (Fsp3) is 0. The molecule has 1 aromatic heterocycles. The molecule has 0 unspecified atom stereocenters. The molecule has 1 aromatic carbocycles. The molecular weight excluding hydrogens is 140 g/mol. The van der Waals surface area contributed by atoms with Crippen molar-refractivity contribution in [2.24, 2.45) is 4.99 Å². The molecule has 0 bridgehead atoms. The van der Waals surface area contributed by atoms with Gasteiger partial charge in [0.05, 0.1) is 5.69 Å². The molecule has 0 radical (unpaired) electrons. The zero-order chi connectivity index (χ0) is 7.68. The first-order chi connectivity index (χ1) is 5.40. The first kappa shape index (κ1) is 6.03. The Morgan fingerprint density at radius 1 is 1.27 bits per heavy atom. The highest BCUT2D eigenvalue weighted by atomic mass is 15.3. The molecular formula is C7H6N4. The molecule has 2 rings (SSSR count). The number of rotatable bonds is 1. The fourth-order valence-electron chi connectivity index (χ4n) is 0.927. The SMILES string of the molecule is C=Nc1ccc2n[nH]nc2c1. The number of aromatic nitrogens is 3. The summed E-state index contributed by atoms with van der Waals surface area (Å²) in [5.74, 6) is 0. The molecule has 1 heterocycles. The average Bonchev–Trinajstić information content (AvgIpc) is 2.50. The van der Waals surface area contributed by atoms with Crippen LogP contribution in [0.3, 0.4) is 0 Å². The van der Waals surface area contributed by atoms with Gasteiger partial charge in [0, 0.05) is 0 Å². The number of benzene rings is 1. The molecule has 54 valence electrons. The second-order valence-electron chi connectivity index (χ2n) is 2.15. The highest BCUT2D eigenvalue weighted by molar-refractivity contribution is 5.77. The topological polar surface area (TPSA) is 53.9 Å². The zero-order valence-electron chi connectivity index (χ0n) is 5.78. The lowest BCUT2D eigenvalue weighted by molar-refractivity contribution is 0.959. The number of H-pyrrole nitrogens is 1. The Balaban J connectivity index is 2.76. The predicted octanol–water partition coefficient (Wildman–Crippen LogP) is 1.29. The molecule has 4 nitrogen and oxygen atoms in total. The Kier molecular flexibility index (Phi) is 1.18. The molecule has 2 aromatic rings. The van der Waals surface area contributed by atoms with Crippen LogP contribution in [0.1, 0.15) is 0 Å². The van der Waals surface area contributed by atoms with Gasteiger partial charge in [-0.05, 0) is 24.9 Å². The number of aromatic amines is 1. The average molecular weight is 146 g/mol. The first-order valence-corrected chi connectivity index (χ1v) is 3.17. The van der Waals surface area contributed by atoms with E-state index in [0.717, 1.165) is 16.7 Å². The van der Waals surface area contributed by atoms with E-state index >= 15 is 0 Å². The second-order valence-corrected chi connectivity index (χ2v) is 2.15. The van der Waals surface area contributed by atoms with Gasteiger partial charge >= 0.3 is 0 Å². The van der Waals surface area contributed by atoms with Crippen LogP contribution >= 0.6 is 0 Å². The van der Waals surface area contributed by atoms with Crippen LogP contribution in [-0.2, 0) is 0 Å². The Morgan fingerprint density at radius 2 is 2.09 bits per heavy atom. The number of fused-ring (bicyclic) bond motifs is 1. The monoisotopic (exact) mass is 146 g/mol. The van der Waals surface area contributed by atoms with Crippen LogP contribution < -0.4 is 0 Å². The lowest BCUT2D eigenvalue weighted by Gasteiger charge is -1.88. The van der Waals surface area contributed by atoms with Gasteiger partial charge in [-0.15, -0.1) is 0 Å². The van der Waals surface area contributed by atoms with Crippen LogP contribution in [0, 0.1) is 0 Å². The number of aliphatic imine (C=N–C) groups is 1. The molecule has 11 heavy (non-hydrogen) atoms. The Morgan fingerprint density at radius 3 is 2.91 bits per heavy atom. The van der Waals surface area contributed by atoms with Gasteiger partial charge in [-0.25, -0.2) is 0 Å². The maximum absolute atomic E-state index is 3.90. The van der Waals surface area contributed by atoms with Crippen LogP contribution in [0.4, 0.5) is 5.69 Å². The Bertz CT molecular complexity index is 390. The molecule has 0 saturated heterocycles. The van der Waals surface area contributed by atoms with E-state index in [2.05, 4.69) is 27.1 Å². The second kappa shape index (κ2) is 2.16. The van der Waals surface area contributed by atoms with Gasteiger partial charge in [-0.3, -0.25) is 4.99 Å².